The Morgan fingerprint density at radius 2 is 2.14 bits per heavy atom. The molecule has 3 nitrogen and oxygen atoms in total. The molecule has 0 radical (unpaired) electrons. The summed E-state index contributed by atoms with van der Waals surface area (Å²) >= 11 is 6.20. The van der Waals surface area contributed by atoms with Crippen molar-refractivity contribution in [3.8, 4) is 0 Å². The number of allylic oxidation sites excluding steroid dienone is 4. The Labute approximate surface area is 132 Å². The monoisotopic (exact) mass is 320 g/mol. The molecule has 0 bridgehead atoms. The first-order chi connectivity index (χ1) is 9.95. The van der Waals surface area contributed by atoms with E-state index in [1.165, 1.54) is 0 Å². The quantitative estimate of drug-likeness (QED) is 0.775. The van der Waals surface area contributed by atoms with Crippen LogP contribution in [0.2, 0.25) is 5.02 Å². The Hall–Kier alpha value is -1.65. The molecule has 5 heteroatoms. The maximum Gasteiger partial charge on any atom is 0.158 e. The third-order valence-corrected chi connectivity index (χ3v) is 4.61. The fraction of sp³-hybridized carbons (Fsp3) is 0.188. The molecule has 0 fully saturated rings. The van der Waals surface area contributed by atoms with Crippen LogP contribution in [0.1, 0.15) is 19.4 Å². The molecule has 1 atom stereocenters. The number of hydrogen-bond acceptors (Lipinski definition) is 2. The van der Waals surface area contributed by atoms with Crippen molar-refractivity contribution in [3.05, 3.63) is 64.3 Å². The number of halogens is 1. The molecular formula is C16H17ClN2OS. The predicted octanol–water partition coefficient (Wildman–Crippen LogP) is 4.55. The lowest BCUT2D eigenvalue weighted by Crippen LogP contribution is -2.05. The number of rotatable bonds is 4. The van der Waals surface area contributed by atoms with E-state index < -0.39 is 11.0 Å². The van der Waals surface area contributed by atoms with Crippen molar-refractivity contribution in [2.24, 2.45) is 0 Å². The first kappa shape index (κ1) is 15.7. The highest BCUT2D eigenvalue weighted by atomic mass is 35.5. The van der Waals surface area contributed by atoms with Crippen LogP contribution in [-0.4, -0.2) is 13.2 Å². The smallest absolute Gasteiger partial charge is 0.158 e. The summed E-state index contributed by atoms with van der Waals surface area (Å²) in [5.74, 6) is 0. The lowest BCUT2D eigenvalue weighted by Gasteiger charge is -2.05. The Morgan fingerprint density at radius 3 is 2.76 bits per heavy atom. The number of pyridine rings is 1. The van der Waals surface area contributed by atoms with Gasteiger partial charge in [0, 0.05) is 17.8 Å². The van der Waals surface area contributed by atoms with Gasteiger partial charge in [0.05, 0.1) is 9.93 Å². The minimum Gasteiger partial charge on any atom is -0.246 e. The topological polar surface area (TPSA) is 34.9 Å². The van der Waals surface area contributed by atoms with Gasteiger partial charge < -0.3 is 0 Å². The third kappa shape index (κ3) is 3.17. The van der Waals surface area contributed by atoms with Crippen LogP contribution >= 0.6 is 11.6 Å². The number of hydrogen-bond donors (Lipinski definition) is 0. The van der Waals surface area contributed by atoms with Gasteiger partial charge in [-0.1, -0.05) is 35.9 Å². The van der Waals surface area contributed by atoms with Crippen LogP contribution < -0.4 is 0 Å². The summed E-state index contributed by atoms with van der Waals surface area (Å²) in [5, 5.41) is 1.44. The molecule has 0 aromatic carbocycles. The van der Waals surface area contributed by atoms with Crippen LogP contribution in [0, 0.1) is 6.92 Å². The summed E-state index contributed by atoms with van der Waals surface area (Å²) < 4.78 is 14.4. The molecule has 0 amide bonds. The van der Waals surface area contributed by atoms with Crippen molar-refractivity contribution >= 4 is 33.6 Å². The molecule has 110 valence electrons. The third-order valence-electron chi connectivity index (χ3n) is 2.96. The number of aryl methyl sites for hydroxylation is 1. The predicted molar refractivity (Wildman–Crippen MR) is 90.7 cm³/mol. The van der Waals surface area contributed by atoms with Gasteiger partial charge >= 0.3 is 0 Å². The Kier molecular flexibility index (Phi) is 4.80. The molecule has 1 unspecified atom stereocenters. The number of aromatic nitrogens is 2. The number of nitrogens with zero attached hydrogens (tertiary/aromatic N) is 2. The van der Waals surface area contributed by atoms with Gasteiger partial charge in [0.1, 0.15) is 0 Å². The fourth-order valence-corrected chi connectivity index (χ4v) is 3.34. The molecule has 2 aromatic heterocycles. The Balaban J connectivity index is 2.59. The Morgan fingerprint density at radius 1 is 1.43 bits per heavy atom. The van der Waals surface area contributed by atoms with Crippen LogP contribution in [0.4, 0.5) is 0 Å². The van der Waals surface area contributed by atoms with Crippen molar-refractivity contribution in [2.75, 3.05) is 0 Å². The van der Waals surface area contributed by atoms with Crippen molar-refractivity contribution in [3.63, 3.8) is 0 Å². The molecule has 2 aromatic rings. The summed E-state index contributed by atoms with van der Waals surface area (Å²) in [6.07, 6.45) is 8.74. The van der Waals surface area contributed by atoms with Gasteiger partial charge in [-0.3, -0.25) is 0 Å². The zero-order valence-corrected chi connectivity index (χ0v) is 13.8. The lowest BCUT2D eigenvalue weighted by molar-refractivity contribution is 0.683. The van der Waals surface area contributed by atoms with Gasteiger partial charge in [0.15, 0.2) is 16.6 Å². The molecule has 0 spiro atoms. The first-order valence-corrected chi connectivity index (χ1v) is 7.96. The second kappa shape index (κ2) is 6.41. The van der Waals surface area contributed by atoms with E-state index >= 15 is 0 Å². The molecule has 0 aliphatic carbocycles. The van der Waals surface area contributed by atoms with Crippen LogP contribution in [0.3, 0.4) is 0 Å². The van der Waals surface area contributed by atoms with Crippen LogP contribution in [0.25, 0.3) is 11.0 Å². The molecule has 0 saturated heterocycles. The van der Waals surface area contributed by atoms with Crippen molar-refractivity contribution in [1.82, 2.24) is 8.96 Å². The highest BCUT2D eigenvalue weighted by Gasteiger charge is 2.15. The summed E-state index contributed by atoms with van der Waals surface area (Å²) in [6, 6.07) is 1.73. The minimum atomic E-state index is -1.41. The van der Waals surface area contributed by atoms with E-state index in [4.69, 9.17) is 11.6 Å². The highest BCUT2D eigenvalue weighted by molar-refractivity contribution is 7.87. The van der Waals surface area contributed by atoms with Gasteiger partial charge in [0.25, 0.3) is 0 Å². The largest absolute Gasteiger partial charge is 0.246 e. The highest BCUT2D eigenvalue weighted by Crippen LogP contribution is 2.28. The van der Waals surface area contributed by atoms with E-state index in [0.717, 1.165) is 16.5 Å². The molecule has 0 aliphatic rings. The van der Waals surface area contributed by atoms with Crippen molar-refractivity contribution < 1.29 is 4.21 Å². The average molecular weight is 321 g/mol. The zero-order chi connectivity index (χ0) is 15.6. The van der Waals surface area contributed by atoms with Crippen LogP contribution in [0.5, 0.6) is 0 Å². The van der Waals surface area contributed by atoms with E-state index in [-0.39, 0.29) is 0 Å². The van der Waals surface area contributed by atoms with Crippen LogP contribution in [0.15, 0.2) is 53.7 Å². The molecule has 0 aliphatic heterocycles. The standard InChI is InChI=1S/C16H17ClN2OS/c1-5-13(7-6-11(2)3)21(20)19-10-12(4)15-14(17)8-9-18-16(15)19/h5-10H,1H2,2-4H3/b13-7+. The average Bonchev–Trinajstić information content (AvgIpc) is 2.77. The van der Waals surface area contributed by atoms with Gasteiger partial charge in [-0.05, 0) is 38.5 Å². The molecule has 2 rings (SSSR count). The van der Waals surface area contributed by atoms with Crippen LogP contribution in [-0.2, 0) is 11.0 Å². The normalized spacial score (nSPS) is 13.2. The molecule has 0 saturated carbocycles. The summed E-state index contributed by atoms with van der Waals surface area (Å²) in [4.78, 5) is 4.92. The van der Waals surface area contributed by atoms with E-state index in [9.17, 15) is 4.21 Å². The second-order valence-corrected chi connectivity index (χ2v) is 6.67. The van der Waals surface area contributed by atoms with Gasteiger partial charge in [-0.2, -0.15) is 0 Å². The van der Waals surface area contributed by atoms with E-state index in [1.807, 2.05) is 32.9 Å². The molecule has 2 heterocycles. The SMILES string of the molecule is C=C/C(=C\C=C(C)C)S(=O)n1cc(C)c2c(Cl)ccnc21. The van der Waals surface area contributed by atoms with Gasteiger partial charge in [-0.15, -0.1) is 0 Å². The van der Waals surface area contributed by atoms with E-state index in [2.05, 4.69) is 11.6 Å². The molecular weight excluding hydrogens is 304 g/mol. The first-order valence-electron chi connectivity index (χ1n) is 6.47. The van der Waals surface area contributed by atoms with E-state index in [0.29, 0.717) is 15.6 Å². The number of fused-ring (bicyclic) bond motifs is 1. The Bertz CT molecular complexity index is 783. The van der Waals surface area contributed by atoms with E-state index in [1.54, 1.807) is 28.5 Å². The van der Waals surface area contributed by atoms with Gasteiger partial charge in [-0.25, -0.2) is 13.2 Å². The van der Waals surface area contributed by atoms with Gasteiger partial charge in [0.2, 0.25) is 0 Å². The van der Waals surface area contributed by atoms with Crippen molar-refractivity contribution in [2.45, 2.75) is 20.8 Å². The molecule has 21 heavy (non-hydrogen) atoms. The fourth-order valence-electron chi connectivity index (χ4n) is 1.95. The summed E-state index contributed by atoms with van der Waals surface area (Å²) in [6.45, 7) is 9.63. The zero-order valence-electron chi connectivity index (χ0n) is 12.3. The molecule has 0 N–H and O–H groups in total. The maximum atomic E-state index is 12.7. The van der Waals surface area contributed by atoms with Crippen molar-refractivity contribution in [1.29, 1.82) is 0 Å². The summed E-state index contributed by atoms with van der Waals surface area (Å²) in [7, 11) is -1.41. The minimum absolute atomic E-state index is 0.613. The maximum absolute atomic E-state index is 12.7. The second-order valence-electron chi connectivity index (χ2n) is 4.90. The summed E-state index contributed by atoms with van der Waals surface area (Å²) in [5.41, 5.74) is 2.69. The lowest BCUT2D eigenvalue weighted by atomic mass is 10.2.